The van der Waals surface area contributed by atoms with Crippen molar-refractivity contribution in [3.05, 3.63) is 35.0 Å². The van der Waals surface area contributed by atoms with Crippen molar-refractivity contribution < 1.29 is 9.90 Å². The van der Waals surface area contributed by atoms with Crippen LogP contribution in [-0.4, -0.2) is 58.6 Å². The zero-order valence-electron chi connectivity index (χ0n) is 16.6. The van der Waals surface area contributed by atoms with Crippen LogP contribution in [0.1, 0.15) is 42.5 Å². The molecule has 1 aromatic carbocycles. The van der Waals surface area contributed by atoms with E-state index in [9.17, 15) is 9.90 Å². The number of aryl methyl sites for hydroxylation is 2. The first-order chi connectivity index (χ1) is 13.0. The van der Waals surface area contributed by atoms with Crippen LogP contribution in [0.15, 0.2) is 18.2 Å². The normalized spacial score (nSPS) is 24.3. The number of β-amino-alcohol motifs (C(OH)–C–C–N with tert-alkyl or cyclic N) is 1. The summed E-state index contributed by atoms with van der Waals surface area (Å²) in [5.74, 6) is 0.203. The molecule has 4 rings (SSSR count). The summed E-state index contributed by atoms with van der Waals surface area (Å²) in [4.78, 5) is 20.2. The molecule has 0 radical (unpaired) electrons. The van der Waals surface area contributed by atoms with Crippen molar-refractivity contribution in [2.75, 3.05) is 32.8 Å². The summed E-state index contributed by atoms with van der Waals surface area (Å²) in [6, 6.07) is 6.61. The third-order valence-corrected chi connectivity index (χ3v) is 6.68. The molecule has 0 saturated carbocycles. The molecule has 1 spiro atoms. The Bertz CT molecular complexity index is 843. The van der Waals surface area contributed by atoms with Crippen LogP contribution in [0.5, 0.6) is 0 Å². The maximum atomic E-state index is 12.2. The number of nitrogens with one attached hydrogen (secondary N) is 1. The number of H-pyrrole nitrogens is 1. The average Bonchev–Trinajstić information content (AvgIpc) is 2.95. The number of nitrogens with zero attached hydrogens (tertiary/aromatic N) is 2. The maximum absolute atomic E-state index is 12.2. The van der Waals surface area contributed by atoms with Gasteiger partial charge in [-0.2, -0.15) is 0 Å². The molecule has 5 nitrogen and oxygen atoms in total. The van der Waals surface area contributed by atoms with E-state index in [1.165, 1.54) is 40.6 Å². The number of likely N-dealkylation sites (tertiary alicyclic amines) is 2. The van der Waals surface area contributed by atoms with Crippen LogP contribution < -0.4 is 0 Å². The van der Waals surface area contributed by atoms with Gasteiger partial charge in [0, 0.05) is 49.1 Å². The fraction of sp³-hybridized carbons (Fsp3) is 0.591. The number of aromatic amines is 1. The lowest BCUT2D eigenvalue weighted by Crippen LogP contribution is -2.54. The second-order valence-electron chi connectivity index (χ2n) is 8.57. The Balaban J connectivity index is 1.52. The minimum absolute atomic E-state index is 0.0546. The summed E-state index contributed by atoms with van der Waals surface area (Å²) in [7, 11) is 0. The molecular weight excluding hydrogens is 338 g/mol. The van der Waals surface area contributed by atoms with E-state index in [0.29, 0.717) is 13.0 Å². The number of aliphatic hydroxyl groups excluding tert-OH is 1. The molecule has 2 aliphatic heterocycles. The van der Waals surface area contributed by atoms with Crippen LogP contribution in [0.2, 0.25) is 0 Å². The Morgan fingerprint density at radius 2 is 2.07 bits per heavy atom. The quantitative estimate of drug-likeness (QED) is 0.871. The van der Waals surface area contributed by atoms with Crippen LogP contribution in [0.25, 0.3) is 10.9 Å². The molecule has 2 N–H and O–H groups in total. The number of rotatable bonds is 4. The first-order valence-electron chi connectivity index (χ1n) is 10.2. The van der Waals surface area contributed by atoms with Gasteiger partial charge in [-0.1, -0.05) is 18.2 Å². The van der Waals surface area contributed by atoms with Crippen LogP contribution >= 0.6 is 0 Å². The third-order valence-electron chi connectivity index (χ3n) is 6.68. The van der Waals surface area contributed by atoms with Crippen LogP contribution in [0, 0.1) is 19.3 Å². The van der Waals surface area contributed by atoms with E-state index >= 15 is 0 Å². The predicted molar refractivity (Wildman–Crippen MR) is 108 cm³/mol. The summed E-state index contributed by atoms with van der Waals surface area (Å²) < 4.78 is 0. The molecule has 2 aromatic rings. The molecule has 3 heterocycles. The molecular formula is C22H31N3O2. The zero-order valence-corrected chi connectivity index (χ0v) is 16.6. The van der Waals surface area contributed by atoms with E-state index in [1.807, 2.05) is 4.90 Å². The van der Waals surface area contributed by atoms with Crippen molar-refractivity contribution in [2.45, 2.75) is 46.1 Å². The van der Waals surface area contributed by atoms with Crippen LogP contribution in [0.3, 0.4) is 0 Å². The van der Waals surface area contributed by atoms with Gasteiger partial charge in [0.25, 0.3) is 0 Å². The Hall–Kier alpha value is -1.85. The van der Waals surface area contributed by atoms with Crippen molar-refractivity contribution in [1.29, 1.82) is 0 Å². The number of amides is 1. The summed E-state index contributed by atoms with van der Waals surface area (Å²) in [5, 5.41) is 10.6. The van der Waals surface area contributed by atoms with Gasteiger partial charge in [-0.05, 0) is 50.8 Å². The SMILES string of the molecule is Cc1[nH]c2c(CN3CCC[C@]4(CCC(=O)N(CCO)C4)C3)cccc2c1C. The highest BCUT2D eigenvalue weighted by Crippen LogP contribution is 2.39. The molecule has 27 heavy (non-hydrogen) atoms. The van der Waals surface area contributed by atoms with Crippen LogP contribution in [0.4, 0.5) is 0 Å². The van der Waals surface area contributed by atoms with E-state index in [1.54, 1.807) is 0 Å². The van der Waals surface area contributed by atoms with Gasteiger partial charge in [-0.25, -0.2) is 0 Å². The first kappa shape index (κ1) is 18.5. The van der Waals surface area contributed by atoms with Gasteiger partial charge in [0.05, 0.1) is 12.1 Å². The second kappa shape index (κ2) is 7.28. The highest BCUT2D eigenvalue weighted by Gasteiger charge is 2.41. The Morgan fingerprint density at radius 1 is 1.22 bits per heavy atom. The van der Waals surface area contributed by atoms with Crippen molar-refractivity contribution in [1.82, 2.24) is 14.8 Å². The fourth-order valence-corrected chi connectivity index (χ4v) is 5.12. The summed E-state index contributed by atoms with van der Waals surface area (Å²) in [6.07, 6.45) is 3.97. The van der Waals surface area contributed by atoms with E-state index in [-0.39, 0.29) is 17.9 Å². The lowest BCUT2D eigenvalue weighted by Gasteiger charge is -2.48. The van der Waals surface area contributed by atoms with Crippen molar-refractivity contribution in [3.63, 3.8) is 0 Å². The predicted octanol–water partition coefficient (Wildman–Crippen LogP) is 2.98. The van der Waals surface area contributed by atoms with E-state index in [0.717, 1.165) is 32.6 Å². The van der Waals surface area contributed by atoms with Crippen molar-refractivity contribution >= 4 is 16.8 Å². The molecule has 1 atom stereocenters. The molecule has 2 saturated heterocycles. The Kier molecular flexibility index (Phi) is 4.99. The standard InChI is InChI=1S/C22H31N3O2/c1-16-17(2)23-21-18(5-3-6-19(16)21)13-24-10-4-8-22(14-24)9-7-20(27)25(15-22)11-12-26/h3,5-6,23,26H,4,7-15H2,1-2H3/t22-/m0/s1. The number of carbonyl (C=O) groups is 1. The lowest BCUT2D eigenvalue weighted by molar-refractivity contribution is -0.140. The van der Waals surface area contributed by atoms with Gasteiger partial charge >= 0.3 is 0 Å². The number of para-hydroxylation sites is 1. The number of aromatic nitrogens is 1. The lowest BCUT2D eigenvalue weighted by atomic mass is 9.73. The number of piperidine rings is 2. The number of hydrogen-bond donors (Lipinski definition) is 2. The van der Waals surface area contributed by atoms with Crippen molar-refractivity contribution in [3.8, 4) is 0 Å². The van der Waals surface area contributed by atoms with Gasteiger partial charge in [0.2, 0.25) is 5.91 Å². The molecule has 146 valence electrons. The van der Waals surface area contributed by atoms with Gasteiger partial charge in [0.1, 0.15) is 0 Å². The molecule has 1 aromatic heterocycles. The highest BCUT2D eigenvalue weighted by atomic mass is 16.3. The molecule has 0 unspecified atom stereocenters. The molecule has 2 aliphatic rings. The number of aliphatic hydroxyl groups is 1. The number of carbonyl (C=O) groups excluding carboxylic acids is 1. The Labute approximate surface area is 161 Å². The van der Waals surface area contributed by atoms with Gasteiger partial charge in [-0.3, -0.25) is 9.69 Å². The fourth-order valence-electron chi connectivity index (χ4n) is 5.12. The monoisotopic (exact) mass is 369 g/mol. The number of fused-ring (bicyclic) bond motifs is 1. The topological polar surface area (TPSA) is 59.6 Å². The molecule has 2 fully saturated rings. The minimum Gasteiger partial charge on any atom is -0.395 e. The van der Waals surface area contributed by atoms with Crippen molar-refractivity contribution in [2.24, 2.45) is 5.41 Å². The summed E-state index contributed by atoms with van der Waals surface area (Å²) in [5.41, 5.74) is 5.41. The van der Waals surface area contributed by atoms with Gasteiger partial charge in [0.15, 0.2) is 0 Å². The smallest absolute Gasteiger partial charge is 0.222 e. The molecule has 0 bridgehead atoms. The first-order valence-corrected chi connectivity index (χ1v) is 10.2. The molecule has 5 heteroatoms. The minimum atomic E-state index is 0.0546. The van der Waals surface area contributed by atoms with E-state index < -0.39 is 0 Å². The second-order valence-corrected chi connectivity index (χ2v) is 8.57. The molecule has 1 amide bonds. The van der Waals surface area contributed by atoms with Gasteiger partial charge in [-0.15, -0.1) is 0 Å². The van der Waals surface area contributed by atoms with Crippen LogP contribution in [-0.2, 0) is 11.3 Å². The third kappa shape index (κ3) is 3.50. The Morgan fingerprint density at radius 3 is 2.89 bits per heavy atom. The largest absolute Gasteiger partial charge is 0.395 e. The number of hydrogen-bond acceptors (Lipinski definition) is 3. The summed E-state index contributed by atoms with van der Waals surface area (Å²) >= 11 is 0. The zero-order chi connectivity index (χ0) is 19.0. The summed E-state index contributed by atoms with van der Waals surface area (Å²) in [6.45, 7) is 8.76. The van der Waals surface area contributed by atoms with E-state index in [2.05, 4.69) is 41.9 Å². The van der Waals surface area contributed by atoms with Gasteiger partial charge < -0.3 is 15.0 Å². The average molecular weight is 370 g/mol. The maximum Gasteiger partial charge on any atom is 0.222 e. The van der Waals surface area contributed by atoms with E-state index in [4.69, 9.17) is 0 Å². The molecule has 0 aliphatic carbocycles. The number of benzene rings is 1. The highest BCUT2D eigenvalue weighted by molar-refractivity contribution is 5.87.